The van der Waals surface area contributed by atoms with Gasteiger partial charge in [0.15, 0.2) is 0 Å². The Kier molecular flexibility index (Phi) is 5.92. The lowest BCUT2D eigenvalue weighted by atomic mass is 10.3. The Morgan fingerprint density at radius 2 is 1.73 bits per heavy atom. The van der Waals surface area contributed by atoms with Gasteiger partial charge in [0.1, 0.15) is 0 Å². The summed E-state index contributed by atoms with van der Waals surface area (Å²) in [7, 11) is 3.31. The molecule has 0 N–H and O–H groups in total. The van der Waals surface area contributed by atoms with Gasteiger partial charge in [0.05, 0.1) is 37.8 Å². The maximum atomic E-state index is 5.36. The fraction of sp³-hybridized carbons (Fsp3) is 0.545. The van der Waals surface area contributed by atoms with E-state index in [9.17, 15) is 0 Å². The van der Waals surface area contributed by atoms with Gasteiger partial charge in [-0.2, -0.15) is 0 Å². The van der Waals surface area contributed by atoms with Crippen molar-refractivity contribution in [1.82, 2.24) is 4.98 Å². The van der Waals surface area contributed by atoms with Crippen LogP contribution in [0, 0.1) is 0 Å². The van der Waals surface area contributed by atoms with Crippen LogP contribution in [-0.2, 0) is 27.4 Å². The highest BCUT2D eigenvalue weighted by Crippen LogP contribution is 2.02. The highest BCUT2D eigenvalue weighted by molar-refractivity contribution is 5.09. The van der Waals surface area contributed by atoms with Gasteiger partial charge < -0.3 is 14.2 Å². The van der Waals surface area contributed by atoms with E-state index in [1.54, 1.807) is 14.2 Å². The Bertz CT molecular complexity index is 278. The largest absolute Gasteiger partial charge is 0.382 e. The van der Waals surface area contributed by atoms with Crippen molar-refractivity contribution >= 4 is 0 Å². The van der Waals surface area contributed by atoms with Crippen LogP contribution in [0.2, 0.25) is 0 Å². The molecule has 84 valence electrons. The minimum absolute atomic E-state index is 0.515. The molecule has 0 fully saturated rings. The predicted molar refractivity (Wildman–Crippen MR) is 56.5 cm³/mol. The lowest BCUT2D eigenvalue weighted by Crippen LogP contribution is -2.04. The molecule has 4 heteroatoms. The summed E-state index contributed by atoms with van der Waals surface area (Å²) in [5.41, 5.74) is 1.84. The second-order valence-electron chi connectivity index (χ2n) is 3.10. The summed E-state index contributed by atoms with van der Waals surface area (Å²) in [6, 6.07) is 5.82. The molecule has 0 aliphatic carbocycles. The quantitative estimate of drug-likeness (QED) is 0.639. The van der Waals surface area contributed by atoms with Gasteiger partial charge in [-0.3, -0.25) is 4.98 Å². The molecule has 0 radical (unpaired) electrons. The third-order valence-corrected chi connectivity index (χ3v) is 1.84. The van der Waals surface area contributed by atoms with E-state index in [2.05, 4.69) is 4.98 Å². The van der Waals surface area contributed by atoms with Crippen molar-refractivity contribution in [1.29, 1.82) is 0 Å². The molecule has 1 aromatic rings. The van der Waals surface area contributed by atoms with E-state index in [1.807, 2.05) is 18.2 Å². The van der Waals surface area contributed by atoms with Crippen molar-refractivity contribution in [3.05, 3.63) is 29.6 Å². The van der Waals surface area contributed by atoms with Crippen LogP contribution in [0.4, 0.5) is 0 Å². The lowest BCUT2D eigenvalue weighted by molar-refractivity contribution is 0.0600. The van der Waals surface area contributed by atoms with Crippen LogP contribution in [-0.4, -0.2) is 32.4 Å². The average molecular weight is 211 g/mol. The first-order chi connectivity index (χ1) is 7.36. The Morgan fingerprint density at radius 1 is 1.00 bits per heavy atom. The second kappa shape index (κ2) is 7.34. The Labute approximate surface area is 90.2 Å². The molecule has 1 rings (SSSR count). The molecule has 0 saturated carbocycles. The van der Waals surface area contributed by atoms with Gasteiger partial charge in [-0.1, -0.05) is 6.07 Å². The molecule has 1 heterocycles. The van der Waals surface area contributed by atoms with Gasteiger partial charge in [-0.25, -0.2) is 0 Å². The SMILES string of the molecule is COCCOCc1cccc(COC)n1. The third-order valence-electron chi connectivity index (χ3n) is 1.84. The molecule has 0 aliphatic rings. The van der Waals surface area contributed by atoms with Crippen molar-refractivity contribution in [2.75, 3.05) is 27.4 Å². The molecule has 0 spiro atoms. The number of aromatic nitrogens is 1. The van der Waals surface area contributed by atoms with E-state index in [-0.39, 0.29) is 0 Å². The first-order valence-corrected chi connectivity index (χ1v) is 4.87. The number of ether oxygens (including phenoxy) is 3. The lowest BCUT2D eigenvalue weighted by Gasteiger charge is -2.05. The van der Waals surface area contributed by atoms with E-state index < -0.39 is 0 Å². The summed E-state index contributed by atoms with van der Waals surface area (Å²) in [5, 5.41) is 0. The summed E-state index contributed by atoms with van der Waals surface area (Å²) in [6.45, 7) is 2.25. The van der Waals surface area contributed by atoms with Crippen LogP contribution in [0.1, 0.15) is 11.4 Å². The van der Waals surface area contributed by atoms with Gasteiger partial charge in [-0.15, -0.1) is 0 Å². The van der Waals surface area contributed by atoms with Crippen LogP contribution < -0.4 is 0 Å². The minimum Gasteiger partial charge on any atom is -0.382 e. The molecule has 0 unspecified atom stereocenters. The smallest absolute Gasteiger partial charge is 0.0889 e. The van der Waals surface area contributed by atoms with Gasteiger partial charge in [0.25, 0.3) is 0 Å². The van der Waals surface area contributed by atoms with Gasteiger partial charge >= 0.3 is 0 Å². The molecule has 0 amide bonds. The monoisotopic (exact) mass is 211 g/mol. The molecule has 0 aliphatic heterocycles. The second-order valence-corrected chi connectivity index (χ2v) is 3.10. The normalized spacial score (nSPS) is 10.5. The van der Waals surface area contributed by atoms with Gasteiger partial charge in [0, 0.05) is 14.2 Å². The van der Waals surface area contributed by atoms with E-state index in [1.165, 1.54) is 0 Å². The molecule has 0 atom stereocenters. The van der Waals surface area contributed by atoms with Crippen LogP contribution in [0.25, 0.3) is 0 Å². The number of methoxy groups -OCH3 is 2. The number of rotatable bonds is 7. The number of pyridine rings is 1. The standard InChI is InChI=1S/C11H17NO3/c1-13-6-7-15-9-11-5-3-4-10(12-11)8-14-2/h3-5H,6-9H2,1-2H3. The van der Waals surface area contributed by atoms with E-state index in [0.717, 1.165) is 11.4 Å². The first-order valence-electron chi connectivity index (χ1n) is 4.87. The minimum atomic E-state index is 0.515. The Morgan fingerprint density at radius 3 is 2.40 bits per heavy atom. The molecule has 1 aromatic heterocycles. The van der Waals surface area contributed by atoms with E-state index >= 15 is 0 Å². The van der Waals surface area contributed by atoms with Crippen molar-refractivity contribution in [3.63, 3.8) is 0 Å². The molecule has 4 nitrogen and oxygen atoms in total. The van der Waals surface area contributed by atoms with Crippen LogP contribution in [0.5, 0.6) is 0 Å². The summed E-state index contributed by atoms with van der Waals surface area (Å²) >= 11 is 0. The van der Waals surface area contributed by atoms with E-state index in [4.69, 9.17) is 14.2 Å². The predicted octanol–water partition coefficient (Wildman–Crippen LogP) is 1.39. The van der Waals surface area contributed by atoms with Crippen molar-refractivity contribution in [2.45, 2.75) is 13.2 Å². The fourth-order valence-electron chi connectivity index (χ4n) is 1.16. The molecule has 0 saturated heterocycles. The summed E-state index contributed by atoms with van der Waals surface area (Å²) in [5.74, 6) is 0. The molecular weight excluding hydrogens is 194 g/mol. The third kappa shape index (κ3) is 4.88. The van der Waals surface area contributed by atoms with Crippen LogP contribution in [0.3, 0.4) is 0 Å². The summed E-state index contributed by atoms with van der Waals surface area (Å²) in [4.78, 5) is 4.37. The first kappa shape index (κ1) is 12.1. The van der Waals surface area contributed by atoms with Crippen molar-refractivity contribution in [3.8, 4) is 0 Å². The molecular formula is C11H17NO3. The van der Waals surface area contributed by atoms with E-state index in [0.29, 0.717) is 26.4 Å². The Hall–Kier alpha value is -0.970. The maximum Gasteiger partial charge on any atom is 0.0889 e. The molecule has 15 heavy (non-hydrogen) atoms. The maximum absolute atomic E-state index is 5.36. The van der Waals surface area contributed by atoms with Gasteiger partial charge in [0.2, 0.25) is 0 Å². The fourth-order valence-corrected chi connectivity index (χ4v) is 1.16. The number of nitrogens with zero attached hydrogens (tertiary/aromatic N) is 1. The summed E-state index contributed by atoms with van der Waals surface area (Å²) < 4.78 is 15.2. The average Bonchev–Trinajstić information content (AvgIpc) is 2.26. The van der Waals surface area contributed by atoms with Crippen LogP contribution >= 0.6 is 0 Å². The number of hydrogen-bond acceptors (Lipinski definition) is 4. The van der Waals surface area contributed by atoms with Crippen LogP contribution in [0.15, 0.2) is 18.2 Å². The Balaban J connectivity index is 2.36. The van der Waals surface area contributed by atoms with Gasteiger partial charge in [-0.05, 0) is 12.1 Å². The summed E-state index contributed by atoms with van der Waals surface area (Å²) in [6.07, 6.45) is 0. The highest BCUT2D eigenvalue weighted by atomic mass is 16.5. The molecule has 0 aromatic carbocycles. The zero-order chi connectivity index (χ0) is 10.9. The zero-order valence-electron chi connectivity index (χ0n) is 9.23. The zero-order valence-corrected chi connectivity index (χ0v) is 9.23. The molecule has 0 bridgehead atoms. The number of hydrogen-bond donors (Lipinski definition) is 0. The van der Waals surface area contributed by atoms with Crippen molar-refractivity contribution < 1.29 is 14.2 Å². The topological polar surface area (TPSA) is 40.6 Å². The highest BCUT2D eigenvalue weighted by Gasteiger charge is 1.97. The van der Waals surface area contributed by atoms with Crippen molar-refractivity contribution in [2.24, 2.45) is 0 Å².